The Hall–Kier alpha value is -3.80. The monoisotopic (exact) mass is 414 g/mol. The number of ether oxygens (including phenoxy) is 1. The van der Waals surface area contributed by atoms with Crippen molar-refractivity contribution in [3.05, 3.63) is 50.3 Å². The molecule has 2 aliphatic heterocycles. The number of fused-ring (bicyclic) bond motifs is 1. The molecule has 12 nitrogen and oxygen atoms in total. The first-order chi connectivity index (χ1) is 14.4. The zero-order valence-electron chi connectivity index (χ0n) is 15.7. The molecule has 30 heavy (non-hydrogen) atoms. The third-order valence-electron chi connectivity index (χ3n) is 4.91. The Kier molecular flexibility index (Phi) is 5.14. The van der Waals surface area contributed by atoms with Crippen molar-refractivity contribution in [2.75, 3.05) is 41.8 Å². The molecule has 0 bridgehead atoms. The number of nitro groups is 1. The summed E-state index contributed by atoms with van der Waals surface area (Å²) >= 11 is 0. The zero-order chi connectivity index (χ0) is 21.3. The molecular formula is C18H18N6O6. The molecule has 1 aromatic carbocycles. The van der Waals surface area contributed by atoms with Gasteiger partial charge in [-0.25, -0.2) is 0 Å². The Labute approximate surface area is 169 Å². The van der Waals surface area contributed by atoms with Gasteiger partial charge in [-0.2, -0.15) is 4.98 Å². The van der Waals surface area contributed by atoms with Crippen molar-refractivity contribution in [3.8, 4) is 0 Å². The SMILES string of the molecule is O=C1C[C@H](C(=O)Nc2ccc([N+](=O)[O-])cc2)c2c(nc(N3CCOCC3)[nH]c2=O)N1. The first-order valence-corrected chi connectivity index (χ1v) is 9.24. The van der Waals surface area contributed by atoms with Crippen molar-refractivity contribution in [1.29, 1.82) is 0 Å². The van der Waals surface area contributed by atoms with E-state index < -0.39 is 28.2 Å². The molecule has 0 saturated carbocycles. The second-order valence-electron chi connectivity index (χ2n) is 6.85. The quantitative estimate of drug-likeness (QED) is 0.484. The number of aromatic amines is 1. The Balaban J connectivity index is 1.60. The number of benzene rings is 1. The van der Waals surface area contributed by atoms with E-state index in [-0.39, 0.29) is 23.5 Å². The summed E-state index contributed by atoms with van der Waals surface area (Å²) < 4.78 is 5.29. The Morgan fingerprint density at radius 3 is 2.60 bits per heavy atom. The van der Waals surface area contributed by atoms with Gasteiger partial charge in [-0.1, -0.05) is 0 Å². The van der Waals surface area contributed by atoms with Crippen molar-refractivity contribution in [2.24, 2.45) is 0 Å². The number of hydrogen-bond acceptors (Lipinski definition) is 8. The van der Waals surface area contributed by atoms with Gasteiger partial charge in [0.15, 0.2) is 0 Å². The van der Waals surface area contributed by atoms with Crippen LogP contribution in [0.1, 0.15) is 17.9 Å². The average Bonchev–Trinajstić information content (AvgIpc) is 2.73. The maximum Gasteiger partial charge on any atom is 0.269 e. The van der Waals surface area contributed by atoms with Crippen LogP contribution in [0, 0.1) is 10.1 Å². The molecule has 12 heteroatoms. The van der Waals surface area contributed by atoms with E-state index in [1.807, 2.05) is 4.90 Å². The molecule has 0 spiro atoms. The highest BCUT2D eigenvalue weighted by Crippen LogP contribution is 2.30. The summed E-state index contributed by atoms with van der Waals surface area (Å²) in [6, 6.07) is 5.26. The van der Waals surface area contributed by atoms with Crippen molar-refractivity contribution in [2.45, 2.75) is 12.3 Å². The molecule has 1 fully saturated rings. The van der Waals surface area contributed by atoms with Crippen LogP contribution in [0.15, 0.2) is 29.1 Å². The minimum Gasteiger partial charge on any atom is -0.378 e. The number of morpholine rings is 1. The third kappa shape index (κ3) is 3.85. The number of non-ortho nitro benzene ring substituents is 1. The number of hydrogen-bond donors (Lipinski definition) is 3. The summed E-state index contributed by atoms with van der Waals surface area (Å²) in [5.41, 5.74) is -0.240. The minimum absolute atomic E-state index is 0.0559. The Morgan fingerprint density at radius 2 is 1.93 bits per heavy atom. The lowest BCUT2D eigenvalue weighted by molar-refractivity contribution is -0.384. The lowest BCUT2D eigenvalue weighted by atomic mass is 9.92. The van der Waals surface area contributed by atoms with Crippen LogP contribution in [0.25, 0.3) is 0 Å². The van der Waals surface area contributed by atoms with Gasteiger partial charge in [0, 0.05) is 37.3 Å². The molecule has 2 aromatic rings. The number of H-pyrrole nitrogens is 1. The van der Waals surface area contributed by atoms with Crippen molar-refractivity contribution in [1.82, 2.24) is 9.97 Å². The summed E-state index contributed by atoms with van der Waals surface area (Å²) in [7, 11) is 0. The fraction of sp³-hybridized carbons (Fsp3) is 0.333. The standard InChI is InChI=1S/C18H18N6O6/c25-13-9-12(16(26)19-10-1-3-11(4-2-10)24(28)29)14-15(20-13)21-18(22-17(14)27)23-5-7-30-8-6-23/h1-4,12H,5-9H2,(H,19,26)(H2,20,21,22,25,27)/t12-/m0/s1. The number of nitro benzene ring substituents is 1. The molecule has 1 atom stereocenters. The zero-order valence-corrected chi connectivity index (χ0v) is 15.7. The number of amides is 2. The van der Waals surface area contributed by atoms with E-state index in [1.54, 1.807) is 0 Å². The van der Waals surface area contributed by atoms with E-state index in [2.05, 4.69) is 20.6 Å². The highest BCUT2D eigenvalue weighted by Gasteiger charge is 2.35. The van der Waals surface area contributed by atoms with Crippen LogP contribution in [-0.2, 0) is 14.3 Å². The first-order valence-electron chi connectivity index (χ1n) is 9.24. The van der Waals surface area contributed by atoms with E-state index in [4.69, 9.17) is 4.74 Å². The van der Waals surface area contributed by atoms with Crippen LogP contribution >= 0.6 is 0 Å². The van der Waals surface area contributed by atoms with Crippen LogP contribution in [0.2, 0.25) is 0 Å². The summed E-state index contributed by atoms with van der Waals surface area (Å²) in [5.74, 6) is -1.69. The van der Waals surface area contributed by atoms with E-state index in [0.717, 1.165) is 0 Å². The predicted octanol–water partition coefficient (Wildman–Crippen LogP) is 0.579. The molecule has 0 unspecified atom stereocenters. The number of anilines is 3. The number of nitrogens with one attached hydrogen (secondary N) is 3. The molecule has 1 aromatic heterocycles. The molecule has 2 amide bonds. The summed E-state index contributed by atoms with van der Waals surface area (Å²) in [6.45, 7) is 2.07. The second-order valence-corrected chi connectivity index (χ2v) is 6.85. The van der Waals surface area contributed by atoms with Gasteiger partial charge in [0.05, 0.1) is 29.6 Å². The summed E-state index contributed by atoms with van der Waals surface area (Å²) in [6.07, 6.45) is -0.215. The molecule has 4 rings (SSSR count). The number of carbonyl (C=O) groups excluding carboxylic acids is 2. The third-order valence-corrected chi connectivity index (χ3v) is 4.91. The lowest BCUT2D eigenvalue weighted by Gasteiger charge is -2.29. The van der Waals surface area contributed by atoms with Gasteiger partial charge in [0.25, 0.3) is 11.2 Å². The number of nitrogens with zero attached hydrogens (tertiary/aromatic N) is 3. The van der Waals surface area contributed by atoms with E-state index in [9.17, 15) is 24.5 Å². The van der Waals surface area contributed by atoms with Crippen molar-refractivity contribution in [3.63, 3.8) is 0 Å². The van der Waals surface area contributed by atoms with E-state index in [0.29, 0.717) is 37.9 Å². The van der Waals surface area contributed by atoms with Crippen molar-refractivity contribution < 1.29 is 19.2 Å². The molecule has 2 aliphatic rings. The van der Waals surface area contributed by atoms with E-state index >= 15 is 0 Å². The predicted molar refractivity (Wildman–Crippen MR) is 106 cm³/mol. The van der Waals surface area contributed by atoms with Crippen LogP contribution in [0.3, 0.4) is 0 Å². The molecule has 3 heterocycles. The van der Waals surface area contributed by atoms with Gasteiger partial charge in [-0.3, -0.25) is 29.5 Å². The number of carbonyl (C=O) groups is 2. The first kappa shape index (κ1) is 19.5. The average molecular weight is 414 g/mol. The van der Waals surface area contributed by atoms with Crippen LogP contribution in [-0.4, -0.2) is 53.0 Å². The summed E-state index contributed by atoms with van der Waals surface area (Å²) in [5, 5.41) is 15.9. The van der Waals surface area contributed by atoms with Crippen molar-refractivity contribution >= 4 is 35.0 Å². The Morgan fingerprint density at radius 1 is 1.23 bits per heavy atom. The number of rotatable bonds is 4. The van der Waals surface area contributed by atoms with Crippen LogP contribution < -0.4 is 21.1 Å². The molecule has 1 saturated heterocycles. The van der Waals surface area contributed by atoms with E-state index in [1.165, 1.54) is 24.3 Å². The summed E-state index contributed by atoms with van der Waals surface area (Å²) in [4.78, 5) is 56.8. The smallest absolute Gasteiger partial charge is 0.269 e. The normalized spacial score (nSPS) is 18.3. The minimum atomic E-state index is -1.04. The van der Waals surface area contributed by atoms with Gasteiger partial charge >= 0.3 is 0 Å². The molecular weight excluding hydrogens is 396 g/mol. The van der Waals surface area contributed by atoms with Crippen LogP contribution in [0.4, 0.5) is 23.1 Å². The molecule has 156 valence electrons. The fourth-order valence-corrected chi connectivity index (χ4v) is 3.40. The number of aromatic nitrogens is 2. The van der Waals surface area contributed by atoms with Gasteiger partial charge in [-0.05, 0) is 12.1 Å². The van der Waals surface area contributed by atoms with Gasteiger partial charge < -0.3 is 20.3 Å². The second kappa shape index (κ2) is 7.91. The molecule has 0 aliphatic carbocycles. The molecule has 3 N–H and O–H groups in total. The molecule has 0 radical (unpaired) electrons. The fourth-order valence-electron chi connectivity index (χ4n) is 3.40. The van der Waals surface area contributed by atoms with Gasteiger partial charge in [-0.15, -0.1) is 0 Å². The highest BCUT2D eigenvalue weighted by molar-refractivity contribution is 6.04. The topological polar surface area (TPSA) is 160 Å². The lowest BCUT2D eigenvalue weighted by Crippen LogP contribution is -2.41. The largest absolute Gasteiger partial charge is 0.378 e. The highest BCUT2D eigenvalue weighted by atomic mass is 16.6. The Bertz CT molecular complexity index is 1060. The maximum absolute atomic E-state index is 12.8. The van der Waals surface area contributed by atoms with Gasteiger partial charge in [0.1, 0.15) is 5.82 Å². The van der Waals surface area contributed by atoms with Gasteiger partial charge in [0.2, 0.25) is 17.8 Å². The maximum atomic E-state index is 12.8. The van der Waals surface area contributed by atoms with Crippen LogP contribution in [0.5, 0.6) is 0 Å².